The minimum atomic E-state index is -3.26. The van der Waals surface area contributed by atoms with Crippen molar-refractivity contribution in [2.45, 2.75) is 51.6 Å². The van der Waals surface area contributed by atoms with Gasteiger partial charge < -0.3 is 20.3 Å². The minimum absolute atomic E-state index is 0.366. The van der Waals surface area contributed by atoms with Crippen LogP contribution in [0.1, 0.15) is 40.0 Å². The first-order valence-corrected chi connectivity index (χ1v) is 11.3. The molecule has 9 heteroatoms. The molecule has 0 atom stereocenters. The third-order valence-corrected chi connectivity index (χ3v) is 5.11. The molecule has 3 N–H and O–H groups in total. The van der Waals surface area contributed by atoms with Crippen molar-refractivity contribution in [2.75, 3.05) is 52.7 Å². The van der Waals surface area contributed by atoms with Gasteiger partial charge in [0.05, 0.1) is 12.8 Å². The summed E-state index contributed by atoms with van der Waals surface area (Å²) in [7, 11) is -1.52. The predicted octanol–water partition coefficient (Wildman–Crippen LogP) is 0.370. The Balaban J connectivity index is 2.50. The van der Waals surface area contributed by atoms with Crippen LogP contribution in [0.25, 0.3) is 0 Å². The van der Waals surface area contributed by atoms with Crippen molar-refractivity contribution in [1.29, 1.82) is 0 Å². The first-order chi connectivity index (χ1) is 12.1. The number of guanidine groups is 1. The van der Waals surface area contributed by atoms with E-state index in [0.717, 1.165) is 58.0 Å². The van der Waals surface area contributed by atoms with Gasteiger partial charge in [0.1, 0.15) is 0 Å². The molecule has 0 saturated carbocycles. The zero-order chi connectivity index (χ0) is 19.6. The summed E-state index contributed by atoms with van der Waals surface area (Å²) in [6.45, 7) is 10.9. The van der Waals surface area contributed by atoms with Gasteiger partial charge in [0.2, 0.25) is 10.0 Å². The molecule has 0 aromatic carbocycles. The van der Waals surface area contributed by atoms with Crippen LogP contribution < -0.4 is 15.4 Å². The number of piperidine rings is 1. The monoisotopic (exact) mass is 391 g/mol. The predicted molar refractivity (Wildman–Crippen MR) is 107 cm³/mol. The van der Waals surface area contributed by atoms with Crippen molar-refractivity contribution in [1.82, 2.24) is 20.3 Å². The maximum atomic E-state index is 11.5. The van der Waals surface area contributed by atoms with E-state index in [2.05, 4.69) is 25.2 Å². The van der Waals surface area contributed by atoms with Crippen molar-refractivity contribution in [2.24, 2.45) is 4.99 Å². The summed E-state index contributed by atoms with van der Waals surface area (Å²) in [5.74, 6) is 0.744. The van der Waals surface area contributed by atoms with E-state index in [4.69, 9.17) is 4.74 Å². The molecule has 1 aliphatic rings. The molecule has 1 saturated heterocycles. The van der Waals surface area contributed by atoms with E-state index >= 15 is 0 Å². The highest BCUT2D eigenvalue weighted by Crippen LogP contribution is 2.11. The number of hydrogen-bond acceptors (Lipinski definition) is 5. The van der Waals surface area contributed by atoms with Crippen molar-refractivity contribution in [3.8, 4) is 0 Å². The number of ether oxygens (including phenoxy) is 1. The van der Waals surface area contributed by atoms with Crippen LogP contribution in [0.4, 0.5) is 0 Å². The lowest BCUT2D eigenvalue weighted by atomic mass is 10.1. The third-order valence-electron chi connectivity index (χ3n) is 4.19. The summed E-state index contributed by atoms with van der Waals surface area (Å²) < 4.78 is 30.6. The molecule has 1 fully saturated rings. The molecule has 0 bridgehead atoms. The van der Waals surface area contributed by atoms with E-state index in [1.54, 1.807) is 7.11 Å². The Morgan fingerprint density at radius 1 is 1.31 bits per heavy atom. The maximum absolute atomic E-state index is 11.5. The standard InChI is InChI=1S/C17H37N5O3S/c1-6-18-16(19-14-17(2,3)21-26(5,23)24)20-15-8-11-22(12-9-15)10-7-13-25-4/h15,21H,6-14H2,1-5H3,(H2,18,19,20). The number of nitrogens with zero attached hydrogens (tertiary/aromatic N) is 2. The van der Waals surface area contributed by atoms with Gasteiger partial charge in [0.15, 0.2) is 5.96 Å². The highest BCUT2D eigenvalue weighted by molar-refractivity contribution is 7.88. The topological polar surface area (TPSA) is 95.1 Å². The molecule has 0 aromatic rings. The van der Waals surface area contributed by atoms with Gasteiger partial charge in [0.25, 0.3) is 0 Å². The zero-order valence-electron chi connectivity index (χ0n) is 17.0. The lowest BCUT2D eigenvalue weighted by Crippen LogP contribution is -2.50. The second kappa shape index (κ2) is 11.1. The van der Waals surface area contributed by atoms with E-state index in [1.807, 2.05) is 20.8 Å². The number of aliphatic imine (C=N–C) groups is 1. The van der Waals surface area contributed by atoms with Gasteiger partial charge in [-0.25, -0.2) is 13.1 Å². The first-order valence-electron chi connectivity index (χ1n) is 9.40. The lowest BCUT2D eigenvalue weighted by Gasteiger charge is -2.33. The molecule has 26 heavy (non-hydrogen) atoms. The maximum Gasteiger partial charge on any atom is 0.209 e. The molecule has 1 heterocycles. The van der Waals surface area contributed by atoms with Gasteiger partial charge in [0, 0.05) is 51.5 Å². The smallest absolute Gasteiger partial charge is 0.209 e. The Hall–Kier alpha value is -0.900. The van der Waals surface area contributed by atoms with Crippen LogP contribution in [-0.2, 0) is 14.8 Å². The second-order valence-corrected chi connectivity index (χ2v) is 9.31. The summed E-state index contributed by atoms with van der Waals surface area (Å²) in [5, 5.41) is 6.74. The molecule has 154 valence electrons. The van der Waals surface area contributed by atoms with Crippen LogP contribution in [0.15, 0.2) is 4.99 Å². The summed E-state index contributed by atoms with van der Waals surface area (Å²) >= 11 is 0. The number of likely N-dealkylation sites (tertiary alicyclic amines) is 1. The number of nitrogens with one attached hydrogen (secondary N) is 3. The Labute approximate surface area is 159 Å². The lowest BCUT2D eigenvalue weighted by molar-refractivity contribution is 0.155. The molecule has 0 spiro atoms. The Kier molecular flexibility index (Phi) is 9.84. The van der Waals surface area contributed by atoms with Crippen LogP contribution >= 0.6 is 0 Å². The number of methoxy groups -OCH3 is 1. The Morgan fingerprint density at radius 2 is 1.96 bits per heavy atom. The first kappa shape index (κ1) is 23.1. The average Bonchev–Trinajstić information content (AvgIpc) is 2.52. The molecular formula is C17H37N5O3S. The summed E-state index contributed by atoms with van der Waals surface area (Å²) in [5.41, 5.74) is -0.624. The normalized spacial score (nSPS) is 18.1. The van der Waals surface area contributed by atoms with Crippen LogP contribution in [0.2, 0.25) is 0 Å². The number of sulfonamides is 1. The quantitative estimate of drug-likeness (QED) is 0.283. The van der Waals surface area contributed by atoms with Crippen LogP contribution in [0.5, 0.6) is 0 Å². The molecule has 0 aromatic heterocycles. The number of hydrogen-bond donors (Lipinski definition) is 3. The van der Waals surface area contributed by atoms with Gasteiger partial charge in [-0.3, -0.25) is 4.99 Å². The van der Waals surface area contributed by atoms with Crippen LogP contribution in [0, 0.1) is 0 Å². The van der Waals surface area contributed by atoms with E-state index in [9.17, 15) is 8.42 Å². The van der Waals surface area contributed by atoms with Crippen molar-refractivity contribution in [3.63, 3.8) is 0 Å². The zero-order valence-corrected chi connectivity index (χ0v) is 17.8. The molecular weight excluding hydrogens is 354 g/mol. The number of rotatable bonds is 10. The molecule has 1 aliphatic heterocycles. The van der Waals surface area contributed by atoms with Crippen molar-refractivity contribution < 1.29 is 13.2 Å². The SMILES string of the molecule is CCNC(=NCC(C)(C)NS(C)(=O)=O)NC1CCN(CCCOC)CC1. The van der Waals surface area contributed by atoms with E-state index in [1.165, 1.54) is 6.26 Å². The van der Waals surface area contributed by atoms with E-state index in [-0.39, 0.29) is 0 Å². The Bertz CT molecular complexity index is 529. The third kappa shape index (κ3) is 10.3. The molecule has 8 nitrogen and oxygen atoms in total. The highest BCUT2D eigenvalue weighted by Gasteiger charge is 2.23. The van der Waals surface area contributed by atoms with E-state index in [0.29, 0.717) is 12.6 Å². The van der Waals surface area contributed by atoms with Gasteiger partial charge in [-0.2, -0.15) is 0 Å². The summed E-state index contributed by atoms with van der Waals surface area (Å²) in [6.07, 6.45) is 4.38. The fraction of sp³-hybridized carbons (Fsp3) is 0.941. The average molecular weight is 392 g/mol. The van der Waals surface area contributed by atoms with E-state index < -0.39 is 15.6 Å². The second-order valence-electron chi connectivity index (χ2n) is 7.56. The van der Waals surface area contributed by atoms with Crippen LogP contribution in [0.3, 0.4) is 0 Å². The highest BCUT2D eigenvalue weighted by atomic mass is 32.2. The summed E-state index contributed by atoms with van der Waals surface area (Å²) in [6, 6.07) is 0.387. The Morgan fingerprint density at radius 3 is 2.50 bits per heavy atom. The van der Waals surface area contributed by atoms with Gasteiger partial charge in [-0.1, -0.05) is 0 Å². The fourth-order valence-electron chi connectivity index (χ4n) is 3.06. The minimum Gasteiger partial charge on any atom is -0.385 e. The van der Waals surface area contributed by atoms with Gasteiger partial charge in [-0.05, 0) is 40.0 Å². The summed E-state index contributed by atoms with van der Waals surface area (Å²) in [4.78, 5) is 7.05. The largest absolute Gasteiger partial charge is 0.385 e. The molecule has 1 rings (SSSR count). The molecule has 0 amide bonds. The molecule has 0 unspecified atom stereocenters. The van der Waals surface area contributed by atoms with Crippen molar-refractivity contribution in [3.05, 3.63) is 0 Å². The van der Waals surface area contributed by atoms with Crippen molar-refractivity contribution >= 4 is 16.0 Å². The van der Waals surface area contributed by atoms with Gasteiger partial charge in [-0.15, -0.1) is 0 Å². The molecule has 0 aliphatic carbocycles. The fourth-order valence-corrected chi connectivity index (χ4v) is 4.13. The van der Waals surface area contributed by atoms with Crippen LogP contribution in [-0.4, -0.2) is 83.6 Å². The molecule has 0 radical (unpaired) electrons. The van der Waals surface area contributed by atoms with Gasteiger partial charge >= 0.3 is 0 Å².